The van der Waals surface area contributed by atoms with Crippen molar-refractivity contribution < 1.29 is 14.1 Å². The predicted octanol–water partition coefficient (Wildman–Crippen LogP) is 1.40. The van der Waals surface area contributed by atoms with Gasteiger partial charge in [-0.3, -0.25) is 14.3 Å². The van der Waals surface area contributed by atoms with Crippen LogP contribution >= 0.6 is 0 Å². The van der Waals surface area contributed by atoms with Gasteiger partial charge in [0.05, 0.1) is 11.4 Å². The van der Waals surface area contributed by atoms with Crippen LogP contribution in [0.4, 0.5) is 5.69 Å². The van der Waals surface area contributed by atoms with E-state index in [2.05, 4.69) is 10.3 Å². The van der Waals surface area contributed by atoms with Gasteiger partial charge in [0.15, 0.2) is 5.69 Å². The van der Waals surface area contributed by atoms with E-state index in [1.165, 1.54) is 9.58 Å². The molecule has 0 spiro atoms. The van der Waals surface area contributed by atoms with E-state index in [-0.39, 0.29) is 11.6 Å². The molecule has 2 heterocycles. The number of hydrogen-bond acceptors (Lipinski definition) is 5. The Labute approximate surface area is 141 Å². The highest BCUT2D eigenvalue weighted by atomic mass is 16.5. The number of nitrogens with zero attached hydrogens (tertiary/aromatic N) is 5. The lowest BCUT2D eigenvalue weighted by Gasteiger charge is -2.17. The molecule has 2 amide bonds. The van der Waals surface area contributed by atoms with Crippen molar-refractivity contribution in [2.45, 2.75) is 26.2 Å². The Bertz CT molecular complexity index is 706. The van der Waals surface area contributed by atoms with Crippen LogP contribution in [0.5, 0.6) is 0 Å². The van der Waals surface area contributed by atoms with Gasteiger partial charge in [-0.1, -0.05) is 5.16 Å². The van der Waals surface area contributed by atoms with Crippen LogP contribution in [0.25, 0.3) is 0 Å². The number of aromatic nitrogens is 3. The SMILES string of the molecule is Cc1cc(CCCCN(C)C(=O)c2nn(C)cc2N(C)C=O)on1. The highest BCUT2D eigenvalue weighted by Crippen LogP contribution is 2.18. The first kappa shape index (κ1) is 17.7. The van der Waals surface area contributed by atoms with E-state index in [9.17, 15) is 9.59 Å². The molecule has 8 heteroatoms. The van der Waals surface area contributed by atoms with Crippen molar-refractivity contribution in [1.29, 1.82) is 0 Å². The van der Waals surface area contributed by atoms with Gasteiger partial charge in [-0.2, -0.15) is 5.10 Å². The van der Waals surface area contributed by atoms with Crippen LogP contribution in [0.2, 0.25) is 0 Å². The first-order valence-electron chi connectivity index (χ1n) is 7.81. The van der Waals surface area contributed by atoms with Crippen molar-refractivity contribution in [3.63, 3.8) is 0 Å². The lowest BCUT2D eigenvalue weighted by Crippen LogP contribution is -2.30. The minimum absolute atomic E-state index is 0.199. The smallest absolute Gasteiger partial charge is 0.276 e. The Morgan fingerprint density at radius 3 is 2.75 bits per heavy atom. The molecule has 0 saturated carbocycles. The number of amides is 2. The summed E-state index contributed by atoms with van der Waals surface area (Å²) in [5, 5.41) is 8.03. The number of hydrogen-bond donors (Lipinski definition) is 0. The zero-order valence-corrected chi connectivity index (χ0v) is 14.5. The fraction of sp³-hybridized carbons (Fsp3) is 0.500. The fourth-order valence-corrected chi connectivity index (χ4v) is 2.41. The maximum Gasteiger partial charge on any atom is 0.276 e. The fourth-order valence-electron chi connectivity index (χ4n) is 2.41. The Morgan fingerprint density at radius 1 is 1.38 bits per heavy atom. The molecule has 0 unspecified atom stereocenters. The molecule has 8 nitrogen and oxygen atoms in total. The summed E-state index contributed by atoms with van der Waals surface area (Å²) in [5.74, 6) is 0.663. The van der Waals surface area contributed by atoms with Crippen molar-refractivity contribution in [3.05, 3.63) is 29.4 Å². The van der Waals surface area contributed by atoms with E-state index in [4.69, 9.17) is 4.52 Å². The predicted molar refractivity (Wildman–Crippen MR) is 88.8 cm³/mol. The number of aryl methyl sites for hydroxylation is 3. The summed E-state index contributed by atoms with van der Waals surface area (Å²) in [5.41, 5.74) is 1.65. The van der Waals surface area contributed by atoms with Crippen molar-refractivity contribution in [2.24, 2.45) is 7.05 Å². The van der Waals surface area contributed by atoms with Crippen LogP contribution in [0.1, 0.15) is 34.8 Å². The van der Waals surface area contributed by atoms with Crippen LogP contribution in [0, 0.1) is 6.92 Å². The highest BCUT2D eigenvalue weighted by molar-refractivity contribution is 5.99. The molecular weight excluding hydrogens is 310 g/mol. The minimum atomic E-state index is -0.199. The van der Waals surface area contributed by atoms with Crippen molar-refractivity contribution in [1.82, 2.24) is 19.8 Å². The topological polar surface area (TPSA) is 84.5 Å². The zero-order chi connectivity index (χ0) is 17.7. The third-order valence-corrected chi connectivity index (χ3v) is 3.74. The van der Waals surface area contributed by atoms with Crippen molar-refractivity contribution in [2.75, 3.05) is 25.5 Å². The van der Waals surface area contributed by atoms with Crippen LogP contribution in [-0.2, 0) is 18.3 Å². The van der Waals surface area contributed by atoms with E-state index >= 15 is 0 Å². The summed E-state index contributed by atoms with van der Waals surface area (Å²) in [6, 6.07) is 1.92. The molecule has 2 rings (SSSR count). The molecule has 0 aliphatic carbocycles. The Morgan fingerprint density at radius 2 is 2.12 bits per heavy atom. The molecule has 0 radical (unpaired) electrons. The largest absolute Gasteiger partial charge is 0.361 e. The van der Waals surface area contributed by atoms with E-state index in [0.717, 1.165) is 30.7 Å². The van der Waals surface area contributed by atoms with E-state index in [0.29, 0.717) is 18.6 Å². The van der Waals surface area contributed by atoms with Crippen molar-refractivity contribution in [3.8, 4) is 0 Å². The van der Waals surface area contributed by atoms with Crippen LogP contribution < -0.4 is 4.90 Å². The molecule has 0 aliphatic heterocycles. The molecule has 2 aromatic heterocycles. The monoisotopic (exact) mass is 333 g/mol. The number of rotatable bonds is 8. The van der Waals surface area contributed by atoms with Crippen LogP contribution in [-0.4, -0.2) is 52.8 Å². The van der Waals surface area contributed by atoms with Gasteiger partial charge in [0.1, 0.15) is 5.76 Å². The maximum absolute atomic E-state index is 12.5. The third kappa shape index (κ3) is 4.21. The molecule has 0 N–H and O–H groups in total. The molecule has 0 fully saturated rings. The molecule has 24 heavy (non-hydrogen) atoms. The number of unbranched alkanes of at least 4 members (excludes halogenated alkanes) is 1. The van der Waals surface area contributed by atoms with Gasteiger partial charge in [-0.25, -0.2) is 0 Å². The Kier molecular flexibility index (Phi) is 5.73. The molecule has 2 aromatic rings. The van der Waals surface area contributed by atoms with E-state index < -0.39 is 0 Å². The van der Waals surface area contributed by atoms with Gasteiger partial charge in [-0.05, 0) is 19.8 Å². The van der Waals surface area contributed by atoms with Gasteiger partial charge >= 0.3 is 0 Å². The maximum atomic E-state index is 12.5. The van der Waals surface area contributed by atoms with Crippen molar-refractivity contribution >= 4 is 18.0 Å². The molecule has 0 aliphatic rings. The van der Waals surface area contributed by atoms with E-state index in [1.807, 2.05) is 13.0 Å². The zero-order valence-electron chi connectivity index (χ0n) is 14.5. The molecule has 0 saturated heterocycles. The third-order valence-electron chi connectivity index (χ3n) is 3.74. The second-order valence-electron chi connectivity index (χ2n) is 5.87. The summed E-state index contributed by atoms with van der Waals surface area (Å²) in [6.45, 7) is 2.49. The molecule has 130 valence electrons. The first-order valence-corrected chi connectivity index (χ1v) is 7.81. The molecule has 0 bridgehead atoms. The summed E-state index contributed by atoms with van der Waals surface area (Å²) in [7, 11) is 5.05. The lowest BCUT2D eigenvalue weighted by molar-refractivity contribution is -0.107. The normalized spacial score (nSPS) is 10.7. The van der Waals surface area contributed by atoms with Crippen LogP contribution in [0.3, 0.4) is 0 Å². The molecular formula is C16H23N5O3. The Balaban J connectivity index is 1.89. The van der Waals surface area contributed by atoms with Crippen LogP contribution in [0.15, 0.2) is 16.8 Å². The van der Waals surface area contributed by atoms with Gasteiger partial charge < -0.3 is 14.3 Å². The number of anilines is 1. The quantitative estimate of drug-likeness (QED) is 0.538. The number of carbonyl (C=O) groups excluding carboxylic acids is 2. The highest BCUT2D eigenvalue weighted by Gasteiger charge is 2.21. The summed E-state index contributed by atoms with van der Waals surface area (Å²) in [4.78, 5) is 26.5. The van der Waals surface area contributed by atoms with E-state index in [1.54, 1.807) is 32.2 Å². The summed E-state index contributed by atoms with van der Waals surface area (Å²) in [6.07, 6.45) is 4.85. The minimum Gasteiger partial charge on any atom is -0.361 e. The van der Waals surface area contributed by atoms with Gasteiger partial charge in [-0.15, -0.1) is 0 Å². The summed E-state index contributed by atoms with van der Waals surface area (Å²) < 4.78 is 6.69. The molecule has 0 aromatic carbocycles. The molecule has 0 atom stereocenters. The standard InChI is InChI=1S/C16H23N5O3/c1-12-9-13(24-18-12)7-5-6-8-19(2)16(23)15-14(20(3)11-22)10-21(4)17-15/h9-11H,5-8H2,1-4H3. The second kappa shape index (κ2) is 7.76. The average molecular weight is 333 g/mol. The van der Waals surface area contributed by atoms with Gasteiger partial charge in [0.2, 0.25) is 6.41 Å². The van der Waals surface area contributed by atoms with Gasteiger partial charge in [0.25, 0.3) is 5.91 Å². The number of carbonyl (C=O) groups is 2. The first-order chi connectivity index (χ1) is 11.4. The lowest BCUT2D eigenvalue weighted by atomic mass is 10.2. The average Bonchev–Trinajstić information content (AvgIpc) is 3.15. The Hall–Kier alpha value is -2.64. The van der Waals surface area contributed by atoms with Gasteiger partial charge in [0, 0.05) is 46.4 Å². The second-order valence-corrected chi connectivity index (χ2v) is 5.87. The summed E-state index contributed by atoms with van der Waals surface area (Å²) >= 11 is 0.